The van der Waals surface area contributed by atoms with Gasteiger partial charge in [0.2, 0.25) is 0 Å². The Balaban J connectivity index is 1.99. The third-order valence-electron chi connectivity index (χ3n) is 2.73. The average Bonchev–Trinajstić information content (AvgIpc) is 2.39. The second-order valence-electron chi connectivity index (χ2n) is 4.02. The summed E-state index contributed by atoms with van der Waals surface area (Å²) in [7, 11) is 1.45. The summed E-state index contributed by atoms with van der Waals surface area (Å²) < 4.78 is 18.3. The molecule has 100 valence electrons. The monoisotopic (exact) mass is 288 g/mol. The van der Waals surface area contributed by atoms with E-state index in [2.05, 4.69) is 5.32 Å². The van der Waals surface area contributed by atoms with E-state index in [1.54, 1.807) is 6.07 Å². The Morgan fingerprint density at radius 2 is 2.33 bits per heavy atom. The summed E-state index contributed by atoms with van der Waals surface area (Å²) in [6, 6.07) is 2.91. The Kier molecular flexibility index (Phi) is 4.88. The maximum absolute atomic E-state index is 13.4. The van der Waals surface area contributed by atoms with E-state index in [1.807, 2.05) is 23.5 Å². The standard InChI is InChI=1S/C12H17FN2OS2/c1-16-12-5-11(10(14)4-9(12)13)15-6-8-7-17-2-3-18-8/h4-5,8,15H,2-3,6-7,14H2,1H3. The number of hydrogen-bond acceptors (Lipinski definition) is 5. The summed E-state index contributed by atoms with van der Waals surface area (Å²) in [6.07, 6.45) is 0. The van der Waals surface area contributed by atoms with E-state index in [1.165, 1.54) is 24.7 Å². The van der Waals surface area contributed by atoms with Crippen molar-refractivity contribution >= 4 is 34.9 Å². The van der Waals surface area contributed by atoms with E-state index < -0.39 is 5.82 Å². The van der Waals surface area contributed by atoms with Gasteiger partial charge in [0.25, 0.3) is 0 Å². The number of ether oxygens (including phenoxy) is 1. The molecule has 3 nitrogen and oxygen atoms in total. The van der Waals surface area contributed by atoms with Crippen LogP contribution >= 0.6 is 23.5 Å². The maximum atomic E-state index is 13.4. The highest BCUT2D eigenvalue weighted by Crippen LogP contribution is 2.29. The molecular formula is C12H17FN2OS2. The van der Waals surface area contributed by atoms with Gasteiger partial charge in [0.05, 0.1) is 18.5 Å². The third kappa shape index (κ3) is 3.38. The number of anilines is 2. The van der Waals surface area contributed by atoms with Gasteiger partial charge in [-0.05, 0) is 0 Å². The van der Waals surface area contributed by atoms with Crippen LogP contribution < -0.4 is 15.8 Å². The predicted octanol–water partition coefficient (Wildman–Crippen LogP) is 2.68. The molecule has 0 spiro atoms. The molecule has 6 heteroatoms. The summed E-state index contributed by atoms with van der Waals surface area (Å²) >= 11 is 3.95. The van der Waals surface area contributed by atoms with Crippen molar-refractivity contribution in [3.8, 4) is 5.75 Å². The van der Waals surface area contributed by atoms with Crippen molar-refractivity contribution in [2.24, 2.45) is 0 Å². The highest BCUT2D eigenvalue weighted by molar-refractivity contribution is 8.06. The Bertz CT molecular complexity index is 411. The number of methoxy groups -OCH3 is 1. The molecule has 1 aliphatic rings. The molecule has 1 fully saturated rings. The van der Waals surface area contributed by atoms with Gasteiger partial charge in [-0.15, -0.1) is 0 Å². The van der Waals surface area contributed by atoms with Gasteiger partial charge < -0.3 is 15.8 Å². The van der Waals surface area contributed by atoms with E-state index in [-0.39, 0.29) is 5.75 Å². The number of halogens is 1. The number of benzene rings is 1. The fourth-order valence-corrected chi connectivity index (χ4v) is 4.37. The van der Waals surface area contributed by atoms with Crippen LogP contribution in [0.15, 0.2) is 12.1 Å². The van der Waals surface area contributed by atoms with Crippen molar-refractivity contribution in [1.82, 2.24) is 0 Å². The Morgan fingerprint density at radius 3 is 3.00 bits per heavy atom. The quantitative estimate of drug-likeness (QED) is 0.834. The number of hydrogen-bond donors (Lipinski definition) is 2. The molecule has 0 aliphatic carbocycles. The van der Waals surface area contributed by atoms with E-state index in [0.29, 0.717) is 10.9 Å². The lowest BCUT2D eigenvalue weighted by Crippen LogP contribution is -2.23. The van der Waals surface area contributed by atoms with Crippen LogP contribution in [0.5, 0.6) is 5.75 Å². The van der Waals surface area contributed by atoms with Gasteiger partial charge in [-0.2, -0.15) is 23.5 Å². The lowest BCUT2D eigenvalue weighted by molar-refractivity contribution is 0.387. The molecule has 1 unspecified atom stereocenters. The van der Waals surface area contributed by atoms with Crippen molar-refractivity contribution in [2.75, 3.05) is 42.0 Å². The molecule has 0 bridgehead atoms. The van der Waals surface area contributed by atoms with Gasteiger partial charge >= 0.3 is 0 Å². The lowest BCUT2D eigenvalue weighted by Gasteiger charge is -2.22. The summed E-state index contributed by atoms with van der Waals surface area (Å²) in [6.45, 7) is 0.844. The third-order valence-corrected chi connectivity index (χ3v) is 5.57. The van der Waals surface area contributed by atoms with Gasteiger partial charge in [-0.1, -0.05) is 0 Å². The molecule has 0 saturated carbocycles. The van der Waals surface area contributed by atoms with Crippen molar-refractivity contribution < 1.29 is 9.13 Å². The molecule has 1 aromatic carbocycles. The summed E-state index contributed by atoms with van der Waals surface area (Å²) in [5.74, 6) is 3.36. The van der Waals surface area contributed by atoms with Crippen LogP contribution in [0.4, 0.5) is 15.8 Å². The van der Waals surface area contributed by atoms with E-state index in [9.17, 15) is 4.39 Å². The van der Waals surface area contributed by atoms with E-state index in [4.69, 9.17) is 10.5 Å². The van der Waals surface area contributed by atoms with Gasteiger partial charge in [-0.3, -0.25) is 0 Å². The smallest absolute Gasteiger partial charge is 0.167 e. The first-order chi connectivity index (χ1) is 8.70. The molecule has 0 radical (unpaired) electrons. The minimum atomic E-state index is -0.428. The second-order valence-corrected chi connectivity index (χ2v) is 6.58. The van der Waals surface area contributed by atoms with Gasteiger partial charge in [0.15, 0.2) is 11.6 Å². The Hall–Kier alpha value is -0.750. The van der Waals surface area contributed by atoms with Crippen molar-refractivity contribution in [3.63, 3.8) is 0 Å². The molecule has 1 saturated heterocycles. The number of nitrogens with one attached hydrogen (secondary N) is 1. The summed E-state index contributed by atoms with van der Waals surface area (Å²) in [5, 5.41) is 3.86. The predicted molar refractivity (Wildman–Crippen MR) is 79.4 cm³/mol. The Labute approximate surface area is 115 Å². The minimum Gasteiger partial charge on any atom is -0.494 e. The first kappa shape index (κ1) is 13.7. The number of nitrogens with two attached hydrogens (primary N) is 1. The summed E-state index contributed by atoms with van der Waals surface area (Å²) in [4.78, 5) is 0. The highest BCUT2D eigenvalue weighted by atomic mass is 32.2. The molecule has 0 aromatic heterocycles. The number of rotatable bonds is 4. The van der Waals surface area contributed by atoms with Crippen molar-refractivity contribution in [1.29, 1.82) is 0 Å². The van der Waals surface area contributed by atoms with Crippen LogP contribution in [0, 0.1) is 5.82 Å². The van der Waals surface area contributed by atoms with Crippen LogP contribution in [0.3, 0.4) is 0 Å². The Morgan fingerprint density at radius 1 is 1.50 bits per heavy atom. The van der Waals surface area contributed by atoms with E-state index >= 15 is 0 Å². The van der Waals surface area contributed by atoms with E-state index in [0.717, 1.165) is 18.0 Å². The molecule has 1 atom stereocenters. The molecule has 0 amide bonds. The summed E-state index contributed by atoms with van der Waals surface area (Å²) in [5.41, 5.74) is 6.95. The SMILES string of the molecule is COc1cc(NCC2CSCCS2)c(N)cc1F. The van der Waals surface area contributed by atoms with Gasteiger partial charge in [0, 0.05) is 41.2 Å². The van der Waals surface area contributed by atoms with Crippen LogP contribution in [0.2, 0.25) is 0 Å². The molecule has 2 rings (SSSR count). The number of nitrogen functional groups attached to an aromatic ring is 1. The van der Waals surface area contributed by atoms with Crippen LogP contribution in [0.1, 0.15) is 0 Å². The zero-order valence-electron chi connectivity index (χ0n) is 10.2. The second kappa shape index (κ2) is 6.43. The maximum Gasteiger partial charge on any atom is 0.167 e. The molecule has 1 aliphatic heterocycles. The fraction of sp³-hybridized carbons (Fsp3) is 0.500. The first-order valence-electron chi connectivity index (χ1n) is 5.77. The largest absolute Gasteiger partial charge is 0.494 e. The molecule has 3 N–H and O–H groups in total. The molecule has 1 heterocycles. The van der Waals surface area contributed by atoms with Gasteiger partial charge in [-0.25, -0.2) is 4.39 Å². The zero-order valence-corrected chi connectivity index (χ0v) is 11.9. The topological polar surface area (TPSA) is 47.3 Å². The first-order valence-corrected chi connectivity index (χ1v) is 7.97. The lowest BCUT2D eigenvalue weighted by atomic mass is 10.2. The highest BCUT2D eigenvalue weighted by Gasteiger charge is 2.15. The van der Waals surface area contributed by atoms with Crippen LogP contribution in [-0.4, -0.2) is 36.2 Å². The van der Waals surface area contributed by atoms with Gasteiger partial charge in [0.1, 0.15) is 0 Å². The molecular weight excluding hydrogens is 271 g/mol. The van der Waals surface area contributed by atoms with Crippen molar-refractivity contribution in [2.45, 2.75) is 5.25 Å². The fourth-order valence-electron chi connectivity index (χ4n) is 1.76. The zero-order chi connectivity index (χ0) is 13.0. The average molecular weight is 288 g/mol. The molecule has 1 aromatic rings. The van der Waals surface area contributed by atoms with Crippen LogP contribution in [-0.2, 0) is 0 Å². The molecule has 18 heavy (non-hydrogen) atoms. The van der Waals surface area contributed by atoms with Crippen LogP contribution in [0.25, 0.3) is 0 Å². The number of thioether (sulfide) groups is 2. The van der Waals surface area contributed by atoms with Crippen molar-refractivity contribution in [3.05, 3.63) is 17.9 Å². The minimum absolute atomic E-state index is 0.220. The normalized spacial score (nSPS) is 19.6.